The van der Waals surface area contributed by atoms with Gasteiger partial charge in [-0.05, 0) is 49.7 Å². The molecule has 26 heavy (non-hydrogen) atoms. The first-order valence-electron chi connectivity index (χ1n) is 7.91. The van der Waals surface area contributed by atoms with Crippen molar-refractivity contribution in [1.82, 2.24) is 4.98 Å². The molecular weight excluding hydrogens is 352 g/mol. The van der Waals surface area contributed by atoms with Crippen molar-refractivity contribution in [3.63, 3.8) is 0 Å². The summed E-state index contributed by atoms with van der Waals surface area (Å²) in [5, 5.41) is 0.758. The predicted octanol–water partition coefficient (Wildman–Crippen LogP) is 3.54. The Balaban J connectivity index is 1.75. The Morgan fingerprint density at radius 1 is 1.19 bits per heavy atom. The number of benzene rings is 1. The van der Waals surface area contributed by atoms with E-state index >= 15 is 0 Å². The summed E-state index contributed by atoms with van der Waals surface area (Å²) in [5.74, 6) is -0.273. The average molecular weight is 370 g/mol. The maximum Gasteiger partial charge on any atom is 0.350 e. The van der Waals surface area contributed by atoms with E-state index in [4.69, 9.17) is 15.2 Å². The maximum atomic E-state index is 12.4. The Labute approximate surface area is 154 Å². The molecule has 0 aliphatic heterocycles. The molecule has 0 atom stereocenters. The zero-order valence-corrected chi connectivity index (χ0v) is 15.5. The summed E-state index contributed by atoms with van der Waals surface area (Å²) < 4.78 is 10.2. The van der Waals surface area contributed by atoms with Crippen LogP contribution in [0.25, 0.3) is 10.2 Å². The van der Waals surface area contributed by atoms with Crippen molar-refractivity contribution in [3.8, 4) is 5.75 Å². The van der Waals surface area contributed by atoms with Crippen LogP contribution in [-0.4, -0.2) is 30.5 Å². The van der Waals surface area contributed by atoms with Crippen LogP contribution >= 0.6 is 11.3 Å². The summed E-state index contributed by atoms with van der Waals surface area (Å²) in [5.41, 5.74) is 8.70. The molecule has 2 N–H and O–H groups in total. The fourth-order valence-electron chi connectivity index (χ4n) is 2.68. The van der Waals surface area contributed by atoms with E-state index in [0.29, 0.717) is 21.8 Å². The lowest BCUT2D eigenvalue weighted by atomic mass is 10.1. The molecule has 0 fully saturated rings. The van der Waals surface area contributed by atoms with E-state index in [-0.39, 0.29) is 17.3 Å². The second-order valence-electron chi connectivity index (χ2n) is 5.83. The van der Waals surface area contributed by atoms with E-state index in [9.17, 15) is 9.59 Å². The van der Waals surface area contributed by atoms with Gasteiger partial charge in [-0.3, -0.25) is 4.79 Å². The highest BCUT2D eigenvalue weighted by atomic mass is 32.1. The number of pyridine rings is 1. The number of nitrogens with two attached hydrogens (primary N) is 1. The van der Waals surface area contributed by atoms with E-state index in [0.717, 1.165) is 16.6 Å². The van der Waals surface area contributed by atoms with Gasteiger partial charge in [0.15, 0.2) is 12.4 Å². The number of hydrogen-bond donors (Lipinski definition) is 1. The second kappa shape index (κ2) is 7.13. The third kappa shape index (κ3) is 3.39. The van der Waals surface area contributed by atoms with Gasteiger partial charge in [0, 0.05) is 16.6 Å². The maximum absolute atomic E-state index is 12.4. The van der Waals surface area contributed by atoms with Crippen molar-refractivity contribution in [1.29, 1.82) is 0 Å². The summed E-state index contributed by atoms with van der Waals surface area (Å²) in [6, 6.07) is 8.51. The Morgan fingerprint density at radius 3 is 2.54 bits per heavy atom. The van der Waals surface area contributed by atoms with E-state index in [1.807, 2.05) is 19.9 Å². The van der Waals surface area contributed by atoms with E-state index in [2.05, 4.69) is 4.98 Å². The molecule has 134 valence electrons. The lowest BCUT2D eigenvalue weighted by Crippen LogP contribution is -2.14. The van der Waals surface area contributed by atoms with Gasteiger partial charge in [-0.25, -0.2) is 9.78 Å². The average Bonchev–Trinajstić information content (AvgIpc) is 2.96. The Kier molecular flexibility index (Phi) is 4.90. The molecule has 6 nitrogen and oxygen atoms in total. The van der Waals surface area contributed by atoms with E-state index in [1.165, 1.54) is 11.3 Å². The summed E-state index contributed by atoms with van der Waals surface area (Å²) in [7, 11) is 1.55. The summed E-state index contributed by atoms with van der Waals surface area (Å²) in [6.45, 7) is 3.45. The summed E-state index contributed by atoms with van der Waals surface area (Å²) in [4.78, 5) is 29.9. The third-order valence-electron chi connectivity index (χ3n) is 3.96. The first-order chi connectivity index (χ1) is 12.4. The van der Waals surface area contributed by atoms with Gasteiger partial charge >= 0.3 is 5.97 Å². The molecule has 0 saturated carbocycles. The Hall–Kier alpha value is -2.93. The van der Waals surface area contributed by atoms with Crippen molar-refractivity contribution < 1.29 is 19.1 Å². The first-order valence-corrected chi connectivity index (χ1v) is 8.73. The molecule has 0 aliphatic rings. The van der Waals surface area contributed by atoms with Crippen molar-refractivity contribution in [2.45, 2.75) is 13.8 Å². The fraction of sp³-hybridized carbons (Fsp3) is 0.211. The zero-order valence-electron chi connectivity index (χ0n) is 14.7. The molecule has 3 aromatic rings. The number of rotatable bonds is 5. The zero-order chi connectivity index (χ0) is 18.8. The largest absolute Gasteiger partial charge is 0.497 e. The number of methoxy groups -OCH3 is 1. The molecule has 0 spiro atoms. The molecule has 0 unspecified atom stereocenters. The molecule has 0 radical (unpaired) electrons. The Bertz CT molecular complexity index is 993. The first kappa shape index (κ1) is 17.9. The van der Waals surface area contributed by atoms with Gasteiger partial charge in [-0.1, -0.05) is 0 Å². The number of esters is 1. The van der Waals surface area contributed by atoms with Crippen LogP contribution < -0.4 is 10.5 Å². The molecule has 0 aliphatic carbocycles. The third-order valence-corrected chi connectivity index (χ3v) is 5.04. The number of ether oxygens (including phenoxy) is 2. The number of hydrogen-bond acceptors (Lipinski definition) is 7. The number of Topliss-reactive ketones (excluding diaryl/α,β-unsaturated/α-hetero) is 1. The number of carbonyl (C=O) groups excluding carboxylic acids is 2. The van der Waals surface area contributed by atoms with Crippen LogP contribution in [0.3, 0.4) is 0 Å². The molecular formula is C19H18N2O4S. The van der Waals surface area contributed by atoms with Crippen LogP contribution in [0, 0.1) is 13.8 Å². The van der Waals surface area contributed by atoms with Gasteiger partial charge in [0.2, 0.25) is 0 Å². The van der Waals surface area contributed by atoms with Gasteiger partial charge in [-0.15, -0.1) is 11.3 Å². The SMILES string of the molecule is COc1ccc(C(=O)COC(=O)c2sc3nc(C)cc(C)c3c2N)cc1. The number of nitrogen functional groups attached to an aromatic ring is 1. The van der Waals surface area contributed by atoms with Crippen LogP contribution in [0.1, 0.15) is 31.3 Å². The lowest BCUT2D eigenvalue weighted by Gasteiger charge is -2.05. The highest BCUT2D eigenvalue weighted by Crippen LogP contribution is 2.35. The summed E-state index contributed by atoms with van der Waals surface area (Å²) in [6.07, 6.45) is 0. The minimum absolute atomic E-state index is 0.267. The van der Waals surface area contributed by atoms with Crippen molar-refractivity contribution in [2.24, 2.45) is 0 Å². The fourth-order valence-corrected chi connectivity index (χ4v) is 3.79. The van der Waals surface area contributed by atoms with Crippen molar-refractivity contribution >= 4 is 39.0 Å². The number of thiophene rings is 1. The van der Waals surface area contributed by atoms with Gasteiger partial charge in [0.25, 0.3) is 0 Å². The normalized spacial score (nSPS) is 10.7. The van der Waals surface area contributed by atoms with Gasteiger partial charge in [0.05, 0.1) is 12.8 Å². The van der Waals surface area contributed by atoms with Crippen LogP contribution in [0.4, 0.5) is 5.69 Å². The molecule has 0 saturated heterocycles. The van der Waals surface area contributed by atoms with Crippen LogP contribution in [0.15, 0.2) is 30.3 Å². The number of aryl methyl sites for hydroxylation is 2. The Morgan fingerprint density at radius 2 is 1.88 bits per heavy atom. The molecule has 3 rings (SSSR count). The number of fused-ring (bicyclic) bond motifs is 1. The standard InChI is InChI=1S/C19H18N2O4S/c1-10-8-11(2)21-18-15(10)16(20)17(26-18)19(23)25-9-14(22)12-4-6-13(24-3)7-5-12/h4-8H,9,20H2,1-3H3. The molecule has 2 aromatic heterocycles. The summed E-state index contributed by atoms with van der Waals surface area (Å²) >= 11 is 1.17. The van der Waals surface area contributed by atoms with Crippen LogP contribution in [-0.2, 0) is 4.74 Å². The number of aromatic nitrogens is 1. The highest BCUT2D eigenvalue weighted by molar-refractivity contribution is 7.21. The van der Waals surface area contributed by atoms with E-state index < -0.39 is 5.97 Å². The molecule has 7 heteroatoms. The topological polar surface area (TPSA) is 91.5 Å². The minimum atomic E-state index is -0.621. The predicted molar refractivity (Wildman–Crippen MR) is 101 cm³/mol. The monoisotopic (exact) mass is 370 g/mol. The van der Waals surface area contributed by atoms with Crippen molar-refractivity contribution in [3.05, 3.63) is 52.0 Å². The van der Waals surface area contributed by atoms with Gasteiger partial charge in [-0.2, -0.15) is 0 Å². The van der Waals surface area contributed by atoms with E-state index in [1.54, 1.807) is 31.4 Å². The second-order valence-corrected chi connectivity index (χ2v) is 6.83. The minimum Gasteiger partial charge on any atom is -0.497 e. The number of carbonyl (C=O) groups is 2. The van der Waals surface area contributed by atoms with Crippen LogP contribution in [0.5, 0.6) is 5.75 Å². The molecule has 0 bridgehead atoms. The quantitative estimate of drug-likeness (QED) is 0.545. The smallest absolute Gasteiger partial charge is 0.350 e. The van der Waals surface area contributed by atoms with Gasteiger partial charge < -0.3 is 15.2 Å². The van der Waals surface area contributed by atoms with Crippen molar-refractivity contribution in [2.75, 3.05) is 19.5 Å². The molecule has 0 amide bonds. The number of anilines is 1. The lowest BCUT2D eigenvalue weighted by molar-refractivity contribution is 0.0480. The van der Waals surface area contributed by atoms with Crippen LogP contribution in [0.2, 0.25) is 0 Å². The molecule has 1 aromatic carbocycles. The number of nitrogens with zero attached hydrogens (tertiary/aromatic N) is 1. The molecule has 2 heterocycles. The van der Waals surface area contributed by atoms with Gasteiger partial charge in [0.1, 0.15) is 15.5 Å². The highest BCUT2D eigenvalue weighted by Gasteiger charge is 2.21. The number of ketones is 1.